The summed E-state index contributed by atoms with van der Waals surface area (Å²) < 4.78 is 0. The number of pyridine rings is 2. The molecule has 1 unspecified atom stereocenters. The number of aromatic hydroxyl groups is 1. The van der Waals surface area contributed by atoms with Crippen molar-refractivity contribution in [1.82, 2.24) is 15.0 Å². The van der Waals surface area contributed by atoms with Crippen LogP contribution in [0.25, 0.3) is 34.0 Å². The molecule has 0 saturated carbocycles. The molecule has 49 heavy (non-hydrogen) atoms. The third kappa shape index (κ3) is 8.09. The van der Waals surface area contributed by atoms with Gasteiger partial charge in [0, 0.05) is 37.6 Å². The fourth-order valence-corrected chi connectivity index (χ4v) is 6.64. The second kappa shape index (κ2) is 16.8. The van der Waals surface area contributed by atoms with Gasteiger partial charge in [0.2, 0.25) is 0 Å². The predicted octanol–water partition coefficient (Wildman–Crippen LogP) is 9.38. The molecule has 4 aromatic rings. The van der Waals surface area contributed by atoms with E-state index in [1.165, 1.54) is 27.8 Å². The van der Waals surface area contributed by atoms with Crippen molar-refractivity contribution >= 4 is 17.7 Å². The maximum absolute atomic E-state index is 12.1. The number of benzene rings is 1. The van der Waals surface area contributed by atoms with Crippen LogP contribution in [0.2, 0.25) is 0 Å². The summed E-state index contributed by atoms with van der Waals surface area (Å²) in [6, 6.07) is 18.5. The summed E-state index contributed by atoms with van der Waals surface area (Å²) in [5.74, 6) is 0.173. The van der Waals surface area contributed by atoms with Gasteiger partial charge >= 0.3 is 0 Å². The number of carbonyl (C=O) groups is 1. The molecule has 0 aliphatic carbocycles. The zero-order valence-electron chi connectivity index (χ0n) is 29.5. The van der Waals surface area contributed by atoms with Crippen molar-refractivity contribution in [2.45, 2.75) is 86.6 Å². The second-order valence-electron chi connectivity index (χ2n) is 12.1. The number of phenolic OH excluding ortho intramolecular Hbond substituents is 1. The molecule has 8 heteroatoms. The van der Waals surface area contributed by atoms with Crippen LogP contribution in [-0.4, -0.2) is 32.7 Å². The van der Waals surface area contributed by atoms with E-state index in [-0.39, 0.29) is 37.8 Å². The monoisotopic (exact) mass is 832 g/mol. The number of rotatable bonds is 9. The molecule has 2 aliphatic heterocycles. The van der Waals surface area contributed by atoms with Gasteiger partial charge in [0.05, 0.1) is 28.7 Å². The fourth-order valence-electron chi connectivity index (χ4n) is 6.64. The summed E-state index contributed by atoms with van der Waals surface area (Å²) >= 11 is 0. The standard InChI is InChI=1S/C25H34N3O.C16H12N2O.Ir/c1-8-17-14(5)16(7)26-21(17)12-23-19(10-3)20(11-4)24(27-23)13-22-18(9-2)15(6)25(29)28-22;19-16-10-2-1-6-12(16)13-8-5-9-15(18-13)14-7-3-4-11-17-14;/h12,22H,8-11,13H2,1-7H3,(H-,26,27,28,29);1-11,19H;/q-1;;/p-1. The van der Waals surface area contributed by atoms with Gasteiger partial charge in [-0.1, -0.05) is 87.2 Å². The number of allylic oxidation sites excluding steroid dienone is 2. The Kier molecular flexibility index (Phi) is 12.8. The molecule has 1 aromatic carbocycles. The van der Waals surface area contributed by atoms with Crippen molar-refractivity contribution in [1.29, 1.82) is 0 Å². The fraction of sp³-hybridized carbons (Fsp3) is 0.317. The van der Waals surface area contributed by atoms with Gasteiger partial charge < -0.3 is 20.2 Å². The van der Waals surface area contributed by atoms with E-state index >= 15 is 0 Å². The van der Waals surface area contributed by atoms with E-state index in [0.717, 1.165) is 76.7 Å². The minimum absolute atomic E-state index is 0. The molecule has 1 atom stereocenters. The van der Waals surface area contributed by atoms with Crippen LogP contribution < -0.4 is 4.98 Å². The second-order valence-corrected chi connectivity index (χ2v) is 12.1. The number of carbonyl (C=O) groups excluding carboxylic acids is 1. The van der Waals surface area contributed by atoms with Crippen LogP contribution in [0, 0.1) is 0 Å². The molecule has 1 amide bonds. The quantitative estimate of drug-likeness (QED) is 0.181. The number of nitrogens with zero attached hydrogens (tertiary/aromatic N) is 5. The Morgan fingerprint density at radius 2 is 1.49 bits per heavy atom. The first kappa shape index (κ1) is 37.4. The van der Waals surface area contributed by atoms with Gasteiger partial charge in [0.25, 0.3) is 0 Å². The van der Waals surface area contributed by atoms with E-state index in [0.29, 0.717) is 6.42 Å². The molecular weight excluding hydrogens is 787 g/mol. The molecule has 5 heterocycles. The van der Waals surface area contributed by atoms with Gasteiger partial charge in [-0.3, -0.25) is 9.98 Å². The summed E-state index contributed by atoms with van der Waals surface area (Å²) in [7, 11) is 0. The summed E-state index contributed by atoms with van der Waals surface area (Å²) in [6.07, 6.45) is 8.34. The summed E-state index contributed by atoms with van der Waals surface area (Å²) in [4.78, 5) is 30.8. The number of hydrogen-bond acceptors (Lipinski definition) is 5. The molecule has 0 bridgehead atoms. The molecular formula is C41H45IrN5O2-2. The zero-order valence-corrected chi connectivity index (χ0v) is 31.9. The number of amides is 1. The van der Waals surface area contributed by atoms with Crippen molar-refractivity contribution in [3.63, 3.8) is 0 Å². The van der Waals surface area contributed by atoms with E-state index in [1.807, 2.05) is 55.5 Å². The molecule has 0 spiro atoms. The van der Waals surface area contributed by atoms with Crippen LogP contribution in [0.4, 0.5) is 0 Å². The maximum atomic E-state index is 12.1. The van der Waals surface area contributed by atoms with Gasteiger partial charge in [-0.15, -0.1) is 5.69 Å². The van der Waals surface area contributed by atoms with E-state index < -0.39 is 0 Å². The normalized spacial score (nSPS) is 16.4. The van der Waals surface area contributed by atoms with Gasteiger partial charge in [-0.05, 0) is 99.6 Å². The van der Waals surface area contributed by atoms with Gasteiger partial charge in [0.1, 0.15) is 5.75 Å². The molecule has 0 fully saturated rings. The van der Waals surface area contributed by atoms with E-state index in [2.05, 4.69) is 62.9 Å². The first-order valence-electron chi connectivity index (χ1n) is 17.0. The Bertz CT molecular complexity index is 1930. The van der Waals surface area contributed by atoms with Gasteiger partial charge in [-0.25, -0.2) is 4.98 Å². The molecule has 3 aromatic heterocycles. The Morgan fingerprint density at radius 1 is 0.796 bits per heavy atom. The van der Waals surface area contributed by atoms with Gasteiger partial charge in [0.15, 0.2) is 0 Å². The Hall–Kier alpha value is -4.39. The van der Waals surface area contributed by atoms with Crippen LogP contribution in [0.15, 0.2) is 99.8 Å². The maximum Gasteiger partial charge on any atom is 0.124 e. The van der Waals surface area contributed by atoms with E-state index in [9.17, 15) is 9.90 Å². The summed E-state index contributed by atoms with van der Waals surface area (Å²) in [5, 5.41) is 14.3. The predicted molar refractivity (Wildman–Crippen MR) is 196 cm³/mol. The molecule has 2 aliphatic rings. The topological polar surface area (TPSA) is 104 Å². The van der Waals surface area contributed by atoms with E-state index in [4.69, 9.17) is 9.98 Å². The first-order valence-corrected chi connectivity index (χ1v) is 17.0. The van der Waals surface area contributed by atoms with Crippen LogP contribution in [0.3, 0.4) is 0 Å². The van der Waals surface area contributed by atoms with Crippen molar-refractivity contribution in [3.05, 3.63) is 123 Å². The van der Waals surface area contributed by atoms with Crippen LogP contribution in [-0.2, 0) is 44.2 Å². The first-order chi connectivity index (χ1) is 23.2. The minimum Gasteiger partial charge on any atom is -0.661 e. The smallest absolute Gasteiger partial charge is 0.124 e. The third-order valence-electron chi connectivity index (χ3n) is 9.31. The molecule has 257 valence electrons. The number of hydrogen-bond donors (Lipinski definition) is 1. The summed E-state index contributed by atoms with van der Waals surface area (Å²) in [6.45, 7) is 14.8. The Morgan fingerprint density at radius 3 is 2.14 bits per heavy atom. The largest absolute Gasteiger partial charge is 0.661 e. The van der Waals surface area contributed by atoms with E-state index in [1.54, 1.807) is 18.3 Å². The average molecular weight is 832 g/mol. The third-order valence-corrected chi connectivity index (χ3v) is 9.31. The van der Waals surface area contributed by atoms with Crippen LogP contribution in [0.5, 0.6) is 5.75 Å². The van der Waals surface area contributed by atoms with Crippen molar-refractivity contribution in [2.24, 2.45) is 4.99 Å². The van der Waals surface area contributed by atoms with Crippen molar-refractivity contribution in [2.75, 3.05) is 0 Å². The number of aliphatic imine (C=N–C) groups is 1. The molecule has 1 radical (unpaired) electrons. The number of para-hydroxylation sites is 1. The molecule has 7 nitrogen and oxygen atoms in total. The zero-order chi connectivity index (χ0) is 34.4. The number of aromatic nitrogens is 3. The SMILES string of the molecule is CCC1=C(C)C(C)=N/C1=C\c1[n-]c(CC2[N-]C(=O)C(C)=C2CC)c(CC)c1CC.Oc1ccccc1-c1cccc(-c2ccccn2)n1.[Ir]. The van der Waals surface area contributed by atoms with Crippen LogP contribution in [0.1, 0.15) is 83.8 Å². The Labute approximate surface area is 304 Å². The molecule has 1 N–H and O–H groups in total. The molecule has 0 saturated heterocycles. The summed E-state index contributed by atoms with van der Waals surface area (Å²) in [5.41, 5.74) is 14.6. The van der Waals surface area contributed by atoms with Gasteiger partial charge in [-0.2, -0.15) is 5.69 Å². The molecule has 6 rings (SSSR count). The average Bonchev–Trinajstić information content (AvgIpc) is 3.69. The van der Waals surface area contributed by atoms with Crippen molar-refractivity contribution in [3.8, 4) is 28.4 Å². The van der Waals surface area contributed by atoms with Crippen molar-refractivity contribution < 1.29 is 30.0 Å². The van der Waals surface area contributed by atoms with Crippen LogP contribution >= 0.6 is 0 Å². The minimum atomic E-state index is -0.0574. The Balaban J connectivity index is 0.000000234. The number of phenols is 1.